The highest BCUT2D eigenvalue weighted by molar-refractivity contribution is 5.81. The summed E-state index contributed by atoms with van der Waals surface area (Å²) in [6, 6.07) is 11.1. The molecule has 82 valence electrons. The van der Waals surface area contributed by atoms with Crippen LogP contribution in [0.4, 0.5) is 0 Å². The normalized spacial score (nSPS) is 21.1. The highest BCUT2D eigenvalue weighted by Crippen LogP contribution is 2.23. The van der Waals surface area contributed by atoms with Crippen LogP contribution in [0.25, 0.3) is 10.8 Å². The van der Waals surface area contributed by atoms with Gasteiger partial charge in [0.15, 0.2) is 0 Å². The molecule has 1 atom stereocenters. The lowest BCUT2D eigenvalue weighted by atomic mass is 10.0. The third-order valence-corrected chi connectivity index (χ3v) is 3.32. The maximum absolute atomic E-state index is 4.57. The number of piperidine rings is 1. The maximum atomic E-state index is 4.57. The third-order valence-electron chi connectivity index (χ3n) is 3.32. The first kappa shape index (κ1) is 9.79. The zero-order chi connectivity index (χ0) is 10.8. The molecule has 0 radical (unpaired) electrons. The van der Waals surface area contributed by atoms with E-state index in [9.17, 15) is 0 Å². The largest absolute Gasteiger partial charge is 0.309 e. The number of nitrogens with one attached hydrogen (secondary N) is 1. The zero-order valence-electron chi connectivity index (χ0n) is 9.32. The summed E-state index contributed by atoms with van der Waals surface area (Å²) in [5, 5.41) is 6.05. The van der Waals surface area contributed by atoms with Crippen molar-refractivity contribution in [1.82, 2.24) is 10.3 Å². The second-order valence-corrected chi connectivity index (χ2v) is 4.46. The van der Waals surface area contributed by atoms with Crippen LogP contribution in [0.1, 0.15) is 31.0 Å². The Balaban J connectivity index is 1.97. The summed E-state index contributed by atoms with van der Waals surface area (Å²) in [5.74, 6) is 0. The number of nitrogens with zero attached hydrogens (tertiary/aromatic N) is 1. The first-order valence-electron chi connectivity index (χ1n) is 6.01. The molecule has 2 aromatic rings. The Morgan fingerprint density at radius 3 is 2.81 bits per heavy atom. The molecule has 0 aliphatic carbocycles. The summed E-state index contributed by atoms with van der Waals surface area (Å²) in [7, 11) is 0. The second kappa shape index (κ2) is 4.22. The van der Waals surface area contributed by atoms with Gasteiger partial charge in [0.05, 0.1) is 5.69 Å². The lowest BCUT2D eigenvalue weighted by Crippen LogP contribution is -2.27. The van der Waals surface area contributed by atoms with E-state index in [-0.39, 0.29) is 0 Å². The second-order valence-electron chi connectivity index (χ2n) is 4.46. The van der Waals surface area contributed by atoms with E-state index < -0.39 is 0 Å². The van der Waals surface area contributed by atoms with Crippen molar-refractivity contribution in [3.05, 3.63) is 42.2 Å². The number of hydrogen-bond acceptors (Lipinski definition) is 2. The van der Waals surface area contributed by atoms with Gasteiger partial charge in [-0.15, -0.1) is 0 Å². The Bertz CT molecular complexity index is 487. The molecule has 0 amide bonds. The van der Waals surface area contributed by atoms with Crippen molar-refractivity contribution in [3.8, 4) is 0 Å². The van der Waals surface area contributed by atoms with Crippen LogP contribution >= 0.6 is 0 Å². The molecule has 2 nitrogen and oxygen atoms in total. The summed E-state index contributed by atoms with van der Waals surface area (Å²) in [6.45, 7) is 1.12. The number of fused-ring (bicyclic) bond motifs is 1. The van der Waals surface area contributed by atoms with Crippen LogP contribution in [-0.4, -0.2) is 11.5 Å². The van der Waals surface area contributed by atoms with Crippen molar-refractivity contribution in [3.63, 3.8) is 0 Å². The molecule has 2 heterocycles. The smallest absolute Gasteiger partial charge is 0.0579 e. The third kappa shape index (κ3) is 1.81. The Labute approximate surface area is 95.7 Å². The van der Waals surface area contributed by atoms with Gasteiger partial charge in [-0.2, -0.15) is 0 Å². The topological polar surface area (TPSA) is 24.9 Å². The molecule has 1 aliphatic rings. The maximum Gasteiger partial charge on any atom is 0.0579 e. The van der Waals surface area contributed by atoms with Gasteiger partial charge in [-0.1, -0.05) is 30.7 Å². The fourth-order valence-electron chi connectivity index (χ4n) is 2.40. The molecule has 3 rings (SSSR count). The molecular weight excluding hydrogens is 196 g/mol. The van der Waals surface area contributed by atoms with Crippen molar-refractivity contribution < 1.29 is 0 Å². The van der Waals surface area contributed by atoms with Gasteiger partial charge in [-0.05, 0) is 30.8 Å². The van der Waals surface area contributed by atoms with Crippen LogP contribution in [0.5, 0.6) is 0 Å². The van der Waals surface area contributed by atoms with E-state index in [2.05, 4.69) is 40.6 Å². The Morgan fingerprint density at radius 2 is 2.00 bits per heavy atom. The fourth-order valence-corrected chi connectivity index (χ4v) is 2.40. The van der Waals surface area contributed by atoms with Gasteiger partial charge in [0.1, 0.15) is 0 Å². The molecule has 0 bridgehead atoms. The number of hydrogen-bond donors (Lipinski definition) is 1. The monoisotopic (exact) mass is 212 g/mol. The number of rotatable bonds is 1. The summed E-state index contributed by atoms with van der Waals surface area (Å²) in [4.78, 5) is 4.57. The standard InChI is InChI=1S/C14H16N2/c1-2-6-12-10-16-14(9-11(12)5-1)13-7-3-4-8-15-13/h1-2,5-6,9-10,13,15H,3-4,7-8H2. The first-order chi connectivity index (χ1) is 7.93. The Morgan fingerprint density at radius 1 is 1.12 bits per heavy atom. The van der Waals surface area contributed by atoms with E-state index in [0.717, 1.165) is 6.54 Å². The highest BCUT2D eigenvalue weighted by atomic mass is 14.9. The average Bonchev–Trinajstić information content (AvgIpc) is 2.39. The fraction of sp³-hybridized carbons (Fsp3) is 0.357. The van der Waals surface area contributed by atoms with Crippen molar-refractivity contribution >= 4 is 10.8 Å². The molecule has 1 aromatic carbocycles. The van der Waals surface area contributed by atoms with Gasteiger partial charge >= 0.3 is 0 Å². The molecule has 1 unspecified atom stereocenters. The van der Waals surface area contributed by atoms with E-state index in [4.69, 9.17) is 0 Å². The summed E-state index contributed by atoms with van der Waals surface area (Å²) in [6.07, 6.45) is 5.81. The van der Waals surface area contributed by atoms with Crippen molar-refractivity contribution in [2.24, 2.45) is 0 Å². The predicted octanol–water partition coefficient (Wildman–Crippen LogP) is 3.05. The minimum Gasteiger partial charge on any atom is -0.309 e. The zero-order valence-corrected chi connectivity index (χ0v) is 9.32. The average molecular weight is 212 g/mol. The summed E-state index contributed by atoms with van der Waals surface area (Å²) in [5.41, 5.74) is 1.19. The SMILES string of the molecule is c1ccc2cc(C3CCCCN3)ncc2c1. The summed E-state index contributed by atoms with van der Waals surface area (Å²) >= 11 is 0. The molecule has 1 N–H and O–H groups in total. The van der Waals surface area contributed by atoms with Gasteiger partial charge in [0.2, 0.25) is 0 Å². The molecule has 16 heavy (non-hydrogen) atoms. The molecular formula is C14H16N2. The van der Waals surface area contributed by atoms with E-state index >= 15 is 0 Å². The lowest BCUT2D eigenvalue weighted by molar-refractivity contribution is 0.406. The van der Waals surface area contributed by atoms with E-state index in [1.165, 1.54) is 35.7 Å². The van der Waals surface area contributed by atoms with Gasteiger partial charge in [0, 0.05) is 17.6 Å². The van der Waals surface area contributed by atoms with Crippen LogP contribution in [0.2, 0.25) is 0 Å². The highest BCUT2D eigenvalue weighted by Gasteiger charge is 2.15. The van der Waals surface area contributed by atoms with Crippen LogP contribution in [0.15, 0.2) is 36.5 Å². The molecule has 1 aliphatic heterocycles. The van der Waals surface area contributed by atoms with Crippen LogP contribution in [0, 0.1) is 0 Å². The number of aromatic nitrogens is 1. The molecule has 1 fully saturated rings. The van der Waals surface area contributed by atoms with Crippen LogP contribution < -0.4 is 5.32 Å². The van der Waals surface area contributed by atoms with Gasteiger partial charge in [0.25, 0.3) is 0 Å². The first-order valence-corrected chi connectivity index (χ1v) is 6.01. The molecule has 2 heteroatoms. The summed E-state index contributed by atoms with van der Waals surface area (Å²) < 4.78 is 0. The van der Waals surface area contributed by atoms with Crippen LogP contribution in [0.3, 0.4) is 0 Å². The molecule has 0 saturated carbocycles. The number of pyridine rings is 1. The Kier molecular flexibility index (Phi) is 2.58. The van der Waals surface area contributed by atoms with Crippen molar-refractivity contribution in [2.45, 2.75) is 25.3 Å². The van der Waals surface area contributed by atoms with Gasteiger partial charge in [-0.25, -0.2) is 0 Å². The molecule has 0 spiro atoms. The van der Waals surface area contributed by atoms with E-state index in [1.807, 2.05) is 6.20 Å². The van der Waals surface area contributed by atoms with Crippen molar-refractivity contribution in [2.75, 3.05) is 6.54 Å². The minimum atomic E-state index is 0.457. The van der Waals surface area contributed by atoms with Crippen molar-refractivity contribution in [1.29, 1.82) is 0 Å². The molecule has 1 aromatic heterocycles. The molecule has 1 saturated heterocycles. The lowest BCUT2D eigenvalue weighted by Gasteiger charge is -2.23. The van der Waals surface area contributed by atoms with E-state index in [0.29, 0.717) is 6.04 Å². The van der Waals surface area contributed by atoms with Crippen LogP contribution in [-0.2, 0) is 0 Å². The minimum absolute atomic E-state index is 0.457. The van der Waals surface area contributed by atoms with Gasteiger partial charge in [-0.3, -0.25) is 4.98 Å². The Hall–Kier alpha value is -1.41. The number of benzene rings is 1. The quantitative estimate of drug-likeness (QED) is 0.786. The van der Waals surface area contributed by atoms with E-state index in [1.54, 1.807) is 0 Å². The predicted molar refractivity (Wildman–Crippen MR) is 66.3 cm³/mol. The van der Waals surface area contributed by atoms with Gasteiger partial charge < -0.3 is 5.32 Å².